The van der Waals surface area contributed by atoms with Crippen molar-refractivity contribution in [3.63, 3.8) is 0 Å². The van der Waals surface area contributed by atoms with Gasteiger partial charge in [0.2, 0.25) is 5.78 Å². The quantitative estimate of drug-likeness (QED) is 0.565. The van der Waals surface area contributed by atoms with E-state index < -0.39 is 11.2 Å². The molecule has 0 saturated heterocycles. The molecule has 0 saturated carbocycles. The van der Waals surface area contributed by atoms with Crippen LogP contribution < -0.4 is 15.7 Å². The molecule has 1 aliphatic rings. The molecule has 26 heavy (non-hydrogen) atoms. The van der Waals surface area contributed by atoms with Gasteiger partial charge in [0.25, 0.3) is 0 Å². The van der Waals surface area contributed by atoms with Gasteiger partial charge in [0, 0.05) is 35.7 Å². The molecule has 0 bridgehead atoms. The van der Waals surface area contributed by atoms with Crippen LogP contribution in [-0.4, -0.2) is 16.4 Å². The Morgan fingerprint density at radius 2 is 1.77 bits per heavy atom. The summed E-state index contributed by atoms with van der Waals surface area (Å²) in [7, 11) is 0. The van der Waals surface area contributed by atoms with Crippen molar-refractivity contribution in [1.82, 2.24) is 4.98 Å². The van der Waals surface area contributed by atoms with Crippen LogP contribution in [0.5, 0.6) is 5.75 Å². The van der Waals surface area contributed by atoms with Gasteiger partial charge in [0.1, 0.15) is 11.3 Å². The number of aromatic nitrogens is 1. The minimum atomic E-state index is -1.03. The third-order valence-corrected chi connectivity index (χ3v) is 4.24. The number of fused-ring (bicyclic) bond motifs is 3. The first-order valence-corrected chi connectivity index (χ1v) is 8.13. The number of pyridine rings is 1. The molecule has 4 rings (SSSR count). The minimum absolute atomic E-state index is 0.203. The van der Waals surface area contributed by atoms with E-state index in [0.29, 0.717) is 27.9 Å². The zero-order valence-corrected chi connectivity index (χ0v) is 14.3. The molecule has 0 atom stereocenters. The maximum atomic E-state index is 13.0. The Labute approximate surface area is 149 Å². The smallest absolute Gasteiger partial charge is 0.336 e. The number of anilines is 1. The predicted molar refractivity (Wildman–Crippen MR) is 98.0 cm³/mol. The van der Waals surface area contributed by atoms with E-state index in [1.165, 1.54) is 6.07 Å². The fraction of sp³-hybridized carbons (Fsp3) is 0.150. The number of hydrogen-bond acceptors (Lipinski definition) is 6. The molecule has 0 radical (unpaired) electrons. The number of ketones is 1. The number of benzene rings is 1. The number of carbonyl (C=O) groups excluding carboxylic acids is 1. The second-order valence-corrected chi connectivity index (χ2v) is 6.49. The fourth-order valence-electron chi connectivity index (χ4n) is 2.95. The Bertz CT molecular complexity index is 1100. The van der Waals surface area contributed by atoms with E-state index >= 15 is 0 Å². The fourth-order valence-corrected chi connectivity index (χ4v) is 2.95. The molecule has 0 unspecified atom stereocenters. The molecular weight excluding hydrogens is 332 g/mol. The maximum absolute atomic E-state index is 13.0. The van der Waals surface area contributed by atoms with Crippen LogP contribution in [0.4, 0.5) is 5.69 Å². The molecule has 0 spiro atoms. The summed E-state index contributed by atoms with van der Waals surface area (Å²) in [5.74, 6) is 0.296. The van der Waals surface area contributed by atoms with Gasteiger partial charge in [-0.3, -0.25) is 9.78 Å². The largest absolute Gasteiger partial charge is 0.479 e. The summed E-state index contributed by atoms with van der Waals surface area (Å²) in [6.07, 6.45) is 4.92. The van der Waals surface area contributed by atoms with Gasteiger partial charge in [0.15, 0.2) is 5.60 Å². The van der Waals surface area contributed by atoms with Gasteiger partial charge in [-0.1, -0.05) is 0 Å². The van der Waals surface area contributed by atoms with Crippen LogP contribution in [0.25, 0.3) is 16.5 Å². The lowest BCUT2D eigenvalue weighted by molar-refractivity contribution is -0.126. The Hall–Kier alpha value is -3.41. The van der Waals surface area contributed by atoms with Crippen LogP contribution in [0.2, 0.25) is 0 Å². The van der Waals surface area contributed by atoms with Gasteiger partial charge in [-0.15, -0.1) is 0 Å². The summed E-state index contributed by atoms with van der Waals surface area (Å²) < 4.78 is 11.3. The lowest BCUT2D eigenvalue weighted by Gasteiger charge is -2.32. The highest BCUT2D eigenvalue weighted by Crippen LogP contribution is 2.41. The first kappa shape index (κ1) is 16.1. The third kappa shape index (κ3) is 2.65. The molecule has 1 N–H and O–H groups in total. The first-order chi connectivity index (χ1) is 12.5. The average molecular weight is 348 g/mol. The summed E-state index contributed by atoms with van der Waals surface area (Å²) >= 11 is 0. The number of hydrogen-bond donors (Lipinski definition) is 1. The number of nitrogens with zero attached hydrogens (tertiary/aromatic N) is 1. The Balaban J connectivity index is 1.94. The second-order valence-electron chi connectivity index (χ2n) is 6.49. The van der Waals surface area contributed by atoms with Crippen LogP contribution in [0, 0.1) is 0 Å². The third-order valence-electron chi connectivity index (χ3n) is 4.24. The lowest BCUT2D eigenvalue weighted by atomic mass is 9.87. The van der Waals surface area contributed by atoms with Crippen molar-refractivity contribution in [1.29, 1.82) is 0 Å². The van der Waals surface area contributed by atoms with Crippen LogP contribution >= 0.6 is 0 Å². The average Bonchev–Trinajstić information content (AvgIpc) is 2.62. The predicted octanol–water partition coefficient (Wildman–Crippen LogP) is 3.38. The van der Waals surface area contributed by atoms with Crippen LogP contribution in [0.1, 0.15) is 19.4 Å². The van der Waals surface area contributed by atoms with Crippen LogP contribution in [0.3, 0.4) is 0 Å². The highest BCUT2D eigenvalue weighted by Gasteiger charge is 2.40. The first-order valence-electron chi connectivity index (χ1n) is 8.13. The van der Waals surface area contributed by atoms with E-state index in [4.69, 9.17) is 9.15 Å². The summed E-state index contributed by atoms with van der Waals surface area (Å²) in [4.78, 5) is 28.7. The van der Waals surface area contributed by atoms with Gasteiger partial charge < -0.3 is 14.5 Å². The maximum Gasteiger partial charge on any atom is 0.336 e. The van der Waals surface area contributed by atoms with E-state index in [1.54, 1.807) is 62.8 Å². The summed E-state index contributed by atoms with van der Waals surface area (Å²) in [6, 6.07) is 10.2. The van der Waals surface area contributed by atoms with Crippen molar-refractivity contribution >= 4 is 28.0 Å². The SMILES string of the molecule is CC1(C)Oc2ccc3ccc(=O)oc3c2C(=CNc2ccncc2)C1=O. The monoisotopic (exact) mass is 348 g/mol. The van der Waals surface area contributed by atoms with Crippen molar-refractivity contribution in [3.05, 3.63) is 71.0 Å². The molecule has 2 aromatic heterocycles. The van der Waals surface area contributed by atoms with Crippen molar-refractivity contribution in [2.75, 3.05) is 5.32 Å². The van der Waals surface area contributed by atoms with Crippen molar-refractivity contribution in [3.8, 4) is 5.75 Å². The van der Waals surface area contributed by atoms with E-state index in [2.05, 4.69) is 10.3 Å². The zero-order valence-electron chi connectivity index (χ0n) is 14.3. The van der Waals surface area contributed by atoms with E-state index in [-0.39, 0.29) is 5.78 Å². The Morgan fingerprint density at radius 3 is 2.54 bits per heavy atom. The van der Waals surface area contributed by atoms with Gasteiger partial charge in [-0.2, -0.15) is 0 Å². The van der Waals surface area contributed by atoms with Gasteiger partial charge >= 0.3 is 5.63 Å². The normalized spacial score (nSPS) is 17.0. The molecular formula is C20H16N2O4. The molecule has 0 amide bonds. The van der Waals surface area contributed by atoms with Crippen LogP contribution in [0.15, 0.2) is 64.2 Å². The second kappa shape index (κ2) is 5.84. The van der Waals surface area contributed by atoms with E-state index in [0.717, 1.165) is 5.69 Å². The standard InChI is InChI=1S/C20H16N2O4/c1-20(2)19(24)14(11-22-13-7-9-21-10-8-13)17-15(26-20)5-3-12-4-6-16(23)25-18(12)17/h3-11H,1-2H3,(H,21,22). The Morgan fingerprint density at radius 1 is 1.04 bits per heavy atom. The molecule has 3 aromatic rings. The number of Topliss-reactive ketones (excluding diaryl/α,β-unsaturated/α-hetero) is 1. The highest BCUT2D eigenvalue weighted by molar-refractivity contribution is 6.28. The van der Waals surface area contributed by atoms with Gasteiger partial charge in [0.05, 0.1) is 11.1 Å². The topological polar surface area (TPSA) is 81.4 Å². The lowest BCUT2D eigenvalue weighted by Crippen LogP contribution is -2.42. The summed E-state index contributed by atoms with van der Waals surface area (Å²) in [6.45, 7) is 3.42. The summed E-state index contributed by atoms with van der Waals surface area (Å²) in [5.41, 5.74) is 0.486. The van der Waals surface area contributed by atoms with Crippen molar-refractivity contribution < 1.29 is 13.9 Å². The minimum Gasteiger partial charge on any atom is -0.479 e. The highest BCUT2D eigenvalue weighted by atomic mass is 16.5. The molecule has 130 valence electrons. The number of rotatable bonds is 2. The molecule has 0 aliphatic carbocycles. The molecule has 3 heterocycles. The van der Waals surface area contributed by atoms with Crippen molar-refractivity contribution in [2.24, 2.45) is 0 Å². The van der Waals surface area contributed by atoms with Crippen LogP contribution in [-0.2, 0) is 4.79 Å². The summed E-state index contributed by atoms with van der Waals surface area (Å²) in [5, 5.41) is 3.82. The zero-order chi connectivity index (χ0) is 18.3. The number of carbonyl (C=O) groups is 1. The number of ether oxygens (including phenoxy) is 1. The van der Waals surface area contributed by atoms with Gasteiger partial charge in [-0.05, 0) is 44.2 Å². The molecule has 6 nitrogen and oxygen atoms in total. The molecule has 6 heteroatoms. The van der Waals surface area contributed by atoms with Crippen molar-refractivity contribution in [2.45, 2.75) is 19.4 Å². The van der Waals surface area contributed by atoms with Gasteiger partial charge in [-0.25, -0.2) is 4.79 Å². The number of nitrogens with one attached hydrogen (secondary N) is 1. The Kier molecular flexibility index (Phi) is 3.61. The molecule has 1 aliphatic heterocycles. The molecule has 1 aromatic carbocycles. The van der Waals surface area contributed by atoms with E-state index in [1.807, 2.05) is 0 Å². The van der Waals surface area contributed by atoms with E-state index in [9.17, 15) is 9.59 Å². The molecule has 0 fully saturated rings.